The van der Waals surface area contributed by atoms with Crippen LogP contribution < -0.4 is 9.80 Å². The molecule has 10 aromatic rings. The molecule has 1 spiro atoms. The Bertz CT molecular complexity index is 3190. The van der Waals surface area contributed by atoms with Crippen molar-refractivity contribution in [3.8, 4) is 22.3 Å². The van der Waals surface area contributed by atoms with Gasteiger partial charge in [-0.3, -0.25) is 0 Å². The van der Waals surface area contributed by atoms with Crippen LogP contribution in [0.4, 0.5) is 34.1 Å². The van der Waals surface area contributed by atoms with Crippen molar-refractivity contribution in [3.05, 3.63) is 253 Å². The Kier molecular flexibility index (Phi) is 7.48. The molecule has 2 nitrogen and oxygen atoms in total. The molecule has 1 atom stereocenters. The van der Waals surface area contributed by atoms with E-state index in [0.717, 1.165) is 28.4 Å². The van der Waals surface area contributed by atoms with Gasteiger partial charge in [-0.05, 0) is 122 Å². The molecule has 12 rings (SSSR count). The number of anilines is 6. The van der Waals surface area contributed by atoms with Gasteiger partial charge < -0.3 is 9.80 Å². The van der Waals surface area contributed by atoms with E-state index in [-0.39, 0.29) is 0 Å². The number of hydrogen-bond donors (Lipinski definition) is 0. The maximum atomic E-state index is 2.50. The van der Waals surface area contributed by atoms with Crippen LogP contribution in [0.25, 0.3) is 43.8 Å². The molecule has 0 amide bonds. The van der Waals surface area contributed by atoms with Crippen molar-refractivity contribution in [3.63, 3.8) is 0 Å². The predicted molar refractivity (Wildman–Crippen MR) is 247 cm³/mol. The summed E-state index contributed by atoms with van der Waals surface area (Å²) in [6, 6.07) is 84.9. The molecule has 0 fully saturated rings. The molecule has 2 aliphatic rings. The van der Waals surface area contributed by atoms with Gasteiger partial charge in [-0.15, -0.1) is 0 Å². The molecule has 276 valence electrons. The van der Waals surface area contributed by atoms with Crippen LogP contribution in [0.2, 0.25) is 0 Å². The molecular formula is C57H38N2. The lowest BCUT2D eigenvalue weighted by molar-refractivity contribution is 0.794. The normalized spacial score (nSPS) is 14.5. The fourth-order valence-electron chi connectivity index (χ4n) is 10.2. The molecule has 0 saturated carbocycles. The molecule has 0 N–H and O–H groups in total. The third-order valence-electron chi connectivity index (χ3n) is 12.6. The standard InChI is InChI=1S/C57H38N2/c1-4-21-42(22-5-1)58(45-33-32-39-18-10-11-19-40(39)36-45)46-34-35-54-50(38-46)48-28-14-16-30-52(48)57(54)53-31-17-15-29-49(53)51-37-41-20-12-13-27-47(41)56(55(51)57)59(43-23-6-2-7-24-43)44-25-8-3-9-26-44/h1-38H. The molecule has 10 aromatic carbocycles. The van der Waals surface area contributed by atoms with Crippen molar-refractivity contribution in [1.29, 1.82) is 0 Å². The zero-order valence-electron chi connectivity index (χ0n) is 32.3. The number of rotatable bonds is 6. The largest absolute Gasteiger partial charge is 0.310 e. The Morgan fingerprint density at radius 2 is 0.746 bits per heavy atom. The fraction of sp³-hybridized carbons (Fsp3) is 0.0175. The minimum Gasteiger partial charge on any atom is -0.310 e. The van der Waals surface area contributed by atoms with Gasteiger partial charge in [0.05, 0.1) is 11.1 Å². The number of hydrogen-bond acceptors (Lipinski definition) is 2. The lowest BCUT2D eigenvalue weighted by Crippen LogP contribution is -2.28. The van der Waals surface area contributed by atoms with E-state index in [1.54, 1.807) is 0 Å². The SMILES string of the molecule is c1ccc(N(c2ccc3c(c2)-c2ccccc2C32c3ccccc3-c3cc4ccccc4c(N(c4ccccc4)c4ccccc4)c32)c2ccc3ccccc3c2)cc1. The number of benzene rings is 10. The van der Waals surface area contributed by atoms with Crippen molar-refractivity contribution in [1.82, 2.24) is 0 Å². The summed E-state index contributed by atoms with van der Waals surface area (Å²) in [6.07, 6.45) is 0. The average Bonchev–Trinajstić information content (AvgIpc) is 3.76. The molecule has 0 saturated heterocycles. The fourth-order valence-corrected chi connectivity index (χ4v) is 10.2. The van der Waals surface area contributed by atoms with Gasteiger partial charge in [0.1, 0.15) is 0 Å². The van der Waals surface area contributed by atoms with Gasteiger partial charge in [0.25, 0.3) is 0 Å². The maximum Gasteiger partial charge on any atom is 0.0746 e. The molecule has 0 bridgehead atoms. The van der Waals surface area contributed by atoms with Gasteiger partial charge in [-0.25, -0.2) is 0 Å². The lowest BCUT2D eigenvalue weighted by atomic mass is 9.69. The Labute approximate surface area is 344 Å². The van der Waals surface area contributed by atoms with Crippen LogP contribution in [0, 0.1) is 0 Å². The summed E-state index contributed by atoms with van der Waals surface area (Å²) in [4.78, 5) is 4.91. The molecule has 0 heterocycles. The van der Waals surface area contributed by atoms with Gasteiger partial charge in [0.15, 0.2) is 0 Å². The van der Waals surface area contributed by atoms with E-state index in [1.807, 2.05) is 0 Å². The monoisotopic (exact) mass is 750 g/mol. The molecule has 0 aromatic heterocycles. The van der Waals surface area contributed by atoms with Crippen LogP contribution in [0.3, 0.4) is 0 Å². The van der Waals surface area contributed by atoms with Crippen LogP contribution in [-0.4, -0.2) is 0 Å². The van der Waals surface area contributed by atoms with Gasteiger partial charge in [0, 0.05) is 39.4 Å². The first-order valence-electron chi connectivity index (χ1n) is 20.4. The predicted octanol–water partition coefficient (Wildman–Crippen LogP) is 15.3. The van der Waals surface area contributed by atoms with Crippen LogP contribution in [0.5, 0.6) is 0 Å². The molecule has 0 radical (unpaired) electrons. The summed E-state index contributed by atoms with van der Waals surface area (Å²) >= 11 is 0. The Balaban J connectivity index is 1.18. The highest BCUT2D eigenvalue weighted by Crippen LogP contribution is 2.66. The summed E-state index contributed by atoms with van der Waals surface area (Å²) in [5.74, 6) is 0. The summed E-state index contributed by atoms with van der Waals surface area (Å²) in [5.41, 5.74) is 16.6. The van der Waals surface area contributed by atoms with Gasteiger partial charge in [-0.2, -0.15) is 0 Å². The topological polar surface area (TPSA) is 6.48 Å². The van der Waals surface area contributed by atoms with E-state index in [2.05, 4.69) is 240 Å². The minimum absolute atomic E-state index is 0.585. The first kappa shape index (κ1) is 33.5. The lowest BCUT2D eigenvalue weighted by Gasteiger charge is -2.36. The molecular weight excluding hydrogens is 713 g/mol. The third-order valence-corrected chi connectivity index (χ3v) is 12.6. The van der Waals surface area contributed by atoms with Crippen LogP contribution in [0.15, 0.2) is 231 Å². The minimum atomic E-state index is -0.585. The van der Waals surface area contributed by atoms with Crippen molar-refractivity contribution in [2.24, 2.45) is 0 Å². The zero-order valence-corrected chi connectivity index (χ0v) is 32.3. The average molecular weight is 751 g/mol. The number of para-hydroxylation sites is 3. The van der Waals surface area contributed by atoms with Gasteiger partial charge >= 0.3 is 0 Å². The summed E-state index contributed by atoms with van der Waals surface area (Å²) in [6.45, 7) is 0. The van der Waals surface area contributed by atoms with E-state index in [1.165, 1.54) is 71.7 Å². The van der Waals surface area contributed by atoms with Crippen molar-refractivity contribution < 1.29 is 0 Å². The van der Waals surface area contributed by atoms with Crippen molar-refractivity contribution in [2.75, 3.05) is 9.80 Å². The van der Waals surface area contributed by atoms with Crippen LogP contribution >= 0.6 is 0 Å². The van der Waals surface area contributed by atoms with Crippen molar-refractivity contribution >= 4 is 55.7 Å². The highest BCUT2D eigenvalue weighted by molar-refractivity contribution is 6.10. The number of fused-ring (bicyclic) bond motifs is 12. The molecule has 2 aliphatic carbocycles. The van der Waals surface area contributed by atoms with Crippen LogP contribution in [-0.2, 0) is 5.41 Å². The zero-order chi connectivity index (χ0) is 38.9. The second kappa shape index (κ2) is 13.2. The first-order valence-corrected chi connectivity index (χ1v) is 20.4. The smallest absolute Gasteiger partial charge is 0.0746 e. The second-order valence-corrected chi connectivity index (χ2v) is 15.6. The van der Waals surface area contributed by atoms with E-state index < -0.39 is 5.41 Å². The second-order valence-electron chi connectivity index (χ2n) is 15.6. The summed E-state index contributed by atoms with van der Waals surface area (Å²) < 4.78 is 0. The third kappa shape index (κ3) is 4.93. The van der Waals surface area contributed by atoms with Crippen LogP contribution in [0.1, 0.15) is 22.3 Å². The highest BCUT2D eigenvalue weighted by atomic mass is 15.2. The first-order chi connectivity index (χ1) is 29.3. The Morgan fingerprint density at radius 1 is 0.271 bits per heavy atom. The molecule has 2 heteroatoms. The summed E-state index contributed by atoms with van der Waals surface area (Å²) in [7, 11) is 0. The molecule has 1 unspecified atom stereocenters. The number of nitrogens with zero attached hydrogens (tertiary/aromatic N) is 2. The molecule has 59 heavy (non-hydrogen) atoms. The van der Waals surface area contributed by atoms with E-state index in [0.29, 0.717) is 0 Å². The quantitative estimate of drug-likeness (QED) is 0.167. The Morgan fingerprint density at radius 3 is 1.41 bits per heavy atom. The molecule has 0 aliphatic heterocycles. The van der Waals surface area contributed by atoms with Gasteiger partial charge in [0.2, 0.25) is 0 Å². The summed E-state index contributed by atoms with van der Waals surface area (Å²) in [5, 5.41) is 4.90. The van der Waals surface area contributed by atoms with E-state index in [4.69, 9.17) is 0 Å². The Hall–Kier alpha value is -7.68. The van der Waals surface area contributed by atoms with E-state index in [9.17, 15) is 0 Å². The van der Waals surface area contributed by atoms with Crippen molar-refractivity contribution in [2.45, 2.75) is 5.41 Å². The van der Waals surface area contributed by atoms with Gasteiger partial charge in [-0.1, -0.05) is 164 Å². The van der Waals surface area contributed by atoms with E-state index >= 15 is 0 Å². The maximum absolute atomic E-state index is 2.50. The highest BCUT2D eigenvalue weighted by Gasteiger charge is 2.54.